The van der Waals surface area contributed by atoms with Crippen molar-refractivity contribution in [3.05, 3.63) is 105 Å². The van der Waals surface area contributed by atoms with Crippen molar-refractivity contribution in [2.24, 2.45) is 10.7 Å². The summed E-state index contributed by atoms with van der Waals surface area (Å²) in [5.74, 6) is 0.274. The molecule has 0 saturated carbocycles. The average molecular weight is 331 g/mol. The number of aromatic nitrogens is 1. The number of pyridine rings is 1. The Balaban J connectivity index is 1.92. The predicted molar refractivity (Wildman–Crippen MR) is 102 cm³/mol. The fourth-order valence-electron chi connectivity index (χ4n) is 2.80. The number of nitrogens with two attached hydrogens (primary N) is 1. The molecule has 0 spiro atoms. The van der Waals surface area contributed by atoms with Gasteiger partial charge in [-0.2, -0.15) is 0 Å². The molecule has 3 rings (SSSR count). The van der Waals surface area contributed by atoms with E-state index < -0.39 is 0 Å². The first-order chi connectivity index (χ1) is 12.1. The van der Waals surface area contributed by atoms with Gasteiger partial charge in [-0.1, -0.05) is 54.6 Å². The molecule has 0 saturated heterocycles. The van der Waals surface area contributed by atoms with Gasteiger partial charge < -0.3 is 10.7 Å². The molecule has 0 unspecified atom stereocenters. The van der Waals surface area contributed by atoms with Crippen molar-refractivity contribution < 1.29 is 0 Å². The zero-order chi connectivity index (χ0) is 17.6. The number of aliphatic imine (C=N–C) groups is 1. The van der Waals surface area contributed by atoms with Crippen LogP contribution in [-0.2, 0) is 13.0 Å². The van der Waals surface area contributed by atoms with E-state index in [4.69, 9.17) is 5.73 Å². The van der Waals surface area contributed by atoms with Gasteiger partial charge in [0.2, 0.25) is 0 Å². The number of nitrogens with one attached hydrogen (secondary N) is 1. The third-order valence-electron chi connectivity index (χ3n) is 4.22. The van der Waals surface area contributed by atoms with Crippen molar-refractivity contribution >= 4 is 5.84 Å². The molecule has 0 aliphatic rings. The van der Waals surface area contributed by atoms with Crippen LogP contribution in [0, 0.1) is 6.92 Å². The fourth-order valence-corrected chi connectivity index (χ4v) is 2.80. The molecule has 2 aromatic carbocycles. The average Bonchev–Trinajstić information content (AvgIpc) is 2.62. The van der Waals surface area contributed by atoms with E-state index in [1.807, 2.05) is 67.6 Å². The minimum absolute atomic E-state index is 0.209. The van der Waals surface area contributed by atoms with Crippen LogP contribution in [0.3, 0.4) is 0 Å². The molecule has 1 heterocycles. The van der Waals surface area contributed by atoms with Crippen molar-refractivity contribution in [1.29, 1.82) is 0 Å². The highest BCUT2D eigenvalue weighted by Gasteiger charge is 2.12. The van der Waals surface area contributed by atoms with E-state index in [0.717, 1.165) is 22.3 Å². The number of amidine groups is 1. The van der Waals surface area contributed by atoms with E-state index in [0.29, 0.717) is 18.5 Å². The maximum Gasteiger partial charge on any atom is 0.259 e. The SMILES string of the molecule is Cc1ccccc1CN=C(N)c1c(Cc2ccccc2)cc[nH]c1=O. The zero-order valence-corrected chi connectivity index (χ0v) is 14.2. The molecular formula is C21H21N3O. The molecule has 4 heteroatoms. The normalized spacial score (nSPS) is 11.5. The molecule has 0 fully saturated rings. The van der Waals surface area contributed by atoms with Gasteiger partial charge in [0.05, 0.1) is 12.1 Å². The highest BCUT2D eigenvalue weighted by molar-refractivity contribution is 5.98. The summed E-state index contributed by atoms with van der Waals surface area (Å²) >= 11 is 0. The smallest absolute Gasteiger partial charge is 0.259 e. The summed E-state index contributed by atoms with van der Waals surface area (Å²) in [4.78, 5) is 19.5. The molecule has 3 N–H and O–H groups in total. The van der Waals surface area contributed by atoms with E-state index in [2.05, 4.69) is 9.98 Å². The van der Waals surface area contributed by atoms with Crippen LogP contribution in [0.25, 0.3) is 0 Å². The standard InChI is InChI=1S/C21H21N3O/c1-15-7-5-6-10-18(15)14-24-20(22)19-17(11-12-23-21(19)25)13-16-8-3-2-4-9-16/h2-12H,13-14H2,1H3,(H2,22,24)(H,23,25). The number of nitrogens with zero attached hydrogens (tertiary/aromatic N) is 1. The second kappa shape index (κ2) is 7.62. The van der Waals surface area contributed by atoms with Crippen LogP contribution < -0.4 is 11.3 Å². The van der Waals surface area contributed by atoms with E-state index in [1.54, 1.807) is 6.20 Å². The van der Waals surface area contributed by atoms with Gasteiger partial charge >= 0.3 is 0 Å². The Morgan fingerprint density at radius 2 is 1.72 bits per heavy atom. The maximum absolute atomic E-state index is 12.3. The van der Waals surface area contributed by atoms with Crippen molar-refractivity contribution in [3.63, 3.8) is 0 Å². The van der Waals surface area contributed by atoms with Crippen LogP contribution in [0.2, 0.25) is 0 Å². The Hall–Kier alpha value is -3.14. The number of hydrogen-bond acceptors (Lipinski definition) is 2. The fraction of sp³-hybridized carbons (Fsp3) is 0.143. The highest BCUT2D eigenvalue weighted by Crippen LogP contribution is 2.12. The Morgan fingerprint density at radius 1 is 1.00 bits per heavy atom. The zero-order valence-electron chi connectivity index (χ0n) is 14.2. The molecule has 4 nitrogen and oxygen atoms in total. The van der Waals surface area contributed by atoms with Gasteiger partial charge in [0.1, 0.15) is 5.84 Å². The molecular weight excluding hydrogens is 310 g/mol. The number of aromatic amines is 1. The van der Waals surface area contributed by atoms with E-state index in [9.17, 15) is 4.79 Å². The molecule has 3 aromatic rings. The number of hydrogen-bond donors (Lipinski definition) is 2. The van der Waals surface area contributed by atoms with E-state index >= 15 is 0 Å². The van der Waals surface area contributed by atoms with Gasteiger partial charge in [-0.05, 0) is 41.7 Å². The summed E-state index contributed by atoms with van der Waals surface area (Å²) in [5, 5.41) is 0. The lowest BCUT2D eigenvalue weighted by molar-refractivity contribution is 1.03. The third-order valence-corrected chi connectivity index (χ3v) is 4.22. The van der Waals surface area contributed by atoms with Crippen LogP contribution in [0.1, 0.15) is 27.8 Å². The Morgan fingerprint density at radius 3 is 2.48 bits per heavy atom. The molecule has 0 aliphatic heterocycles. The first-order valence-electron chi connectivity index (χ1n) is 8.24. The quantitative estimate of drug-likeness (QED) is 0.557. The van der Waals surface area contributed by atoms with Crippen molar-refractivity contribution in [3.8, 4) is 0 Å². The summed E-state index contributed by atoms with van der Waals surface area (Å²) in [7, 11) is 0. The molecule has 126 valence electrons. The van der Waals surface area contributed by atoms with Gasteiger partial charge in [0, 0.05) is 6.20 Å². The number of aryl methyl sites for hydroxylation is 1. The van der Waals surface area contributed by atoms with E-state index in [-0.39, 0.29) is 11.4 Å². The summed E-state index contributed by atoms with van der Waals surface area (Å²) in [5.41, 5.74) is 10.7. The summed E-state index contributed by atoms with van der Waals surface area (Å²) in [6.07, 6.45) is 2.29. The molecule has 0 aliphatic carbocycles. The topological polar surface area (TPSA) is 71.2 Å². The summed E-state index contributed by atoms with van der Waals surface area (Å²) in [6.45, 7) is 2.49. The molecule has 25 heavy (non-hydrogen) atoms. The first kappa shape index (κ1) is 16.7. The van der Waals surface area contributed by atoms with E-state index in [1.165, 1.54) is 0 Å². The van der Waals surface area contributed by atoms with Gasteiger partial charge in [0.15, 0.2) is 0 Å². The van der Waals surface area contributed by atoms with Crippen molar-refractivity contribution in [2.45, 2.75) is 19.9 Å². The minimum atomic E-state index is -0.209. The minimum Gasteiger partial charge on any atom is -0.383 e. The number of rotatable bonds is 5. The van der Waals surface area contributed by atoms with Crippen LogP contribution in [0.15, 0.2) is 76.6 Å². The van der Waals surface area contributed by atoms with Gasteiger partial charge in [-0.15, -0.1) is 0 Å². The predicted octanol–water partition coefficient (Wildman–Crippen LogP) is 3.18. The van der Waals surface area contributed by atoms with Crippen LogP contribution >= 0.6 is 0 Å². The lowest BCUT2D eigenvalue weighted by Gasteiger charge is -2.09. The molecule has 0 bridgehead atoms. The Kier molecular flexibility index (Phi) is 5.09. The lowest BCUT2D eigenvalue weighted by atomic mass is 10.0. The number of H-pyrrole nitrogens is 1. The summed E-state index contributed by atoms with van der Waals surface area (Å²) in [6, 6.07) is 19.9. The molecule has 0 radical (unpaired) electrons. The summed E-state index contributed by atoms with van der Waals surface area (Å²) < 4.78 is 0. The number of benzene rings is 2. The monoisotopic (exact) mass is 331 g/mol. The van der Waals surface area contributed by atoms with Gasteiger partial charge in [0.25, 0.3) is 5.56 Å². The Labute approximate surface area is 147 Å². The van der Waals surface area contributed by atoms with Crippen LogP contribution in [0.4, 0.5) is 0 Å². The van der Waals surface area contributed by atoms with Gasteiger partial charge in [-0.25, -0.2) is 0 Å². The molecule has 0 atom stereocenters. The molecule has 0 amide bonds. The largest absolute Gasteiger partial charge is 0.383 e. The second-order valence-corrected chi connectivity index (χ2v) is 6.00. The van der Waals surface area contributed by atoms with Crippen molar-refractivity contribution in [2.75, 3.05) is 0 Å². The highest BCUT2D eigenvalue weighted by atomic mass is 16.1. The lowest BCUT2D eigenvalue weighted by Crippen LogP contribution is -2.27. The maximum atomic E-state index is 12.3. The van der Waals surface area contributed by atoms with Crippen molar-refractivity contribution in [1.82, 2.24) is 4.98 Å². The molecule has 1 aromatic heterocycles. The third kappa shape index (κ3) is 4.04. The van der Waals surface area contributed by atoms with Gasteiger partial charge in [-0.3, -0.25) is 9.79 Å². The first-order valence-corrected chi connectivity index (χ1v) is 8.24. The second-order valence-electron chi connectivity index (χ2n) is 6.00. The van der Waals surface area contributed by atoms with Crippen LogP contribution in [0.5, 0.6) is 0 Å². The van der Waals surface area contributed by atoms with Crippen LogP contribution in [-0.4, -0.2) is 10.8 Å². The Bertz CT molecular complexity index is 943.